The fourth-order valence-corrected chi connectivity index (χ4v) is 1.38. The van der Waals surface area contributed by atoms with Crippen molar-refractivity contribution in [1.82, 2.24) is 20.3 Å². The zero-order chi connectivity index (χ0) is 14.8. The van der Waals surface area contributed by atoms with E-state index < -0.39 is 0 Å². The van der Waals surface area contributed by atoms with Gasteiger partial charge in [-0.05, 0) is 13.3 Å². The summed E-state index contributed by atoms with van der Waals surface area (Å²) >= 11 is 0. The molecular formula is C12H22N6O2. The van der Waals surface area contributed by atoms with Crippen molar-refractivity contribution in [3.8, 4) is 6.01 Å². The van der Waals surface area contributed by atoms with Crippen LogP contribution in [0.3, 0.4) is 0 Å². The van der Waals surface area contributed by atoms with Crippen LogP contribution in [0.4, 0.5) is 11.9 Å². The molecule has 0 fully saturated rings. The number of nitrogens with zero attached hydrogens (tertiary/aromatic N) is 3. The SMILES string of the molecule is CCCNC(=O)CCNc1nc(NC)nc(OCC)n1. The van der Waals surface area contributed by atoms with Crippen LogP contribution in [0.5, 0.6) is 6.01 Å². The monoisotopic (exact) mass is 282 g/mol. The Morgan fingerprint density at radius 2 is 1.90 bits per heavy atom. The number of amides is 1. The van der Waals surface area contributed by atoms with Crippen LogP contribution in [0, 0.1) is 0 Å². The number of hydrogen-bond donors (Lipinski definition) is 3. The van der Waals surface area contributed by atoms with Gasteiger partial charge in [-0.25, -0.2) is 0 Å². The third-order valence-corrected chi connectivity index (χ3v) is 2.32. The van der Waals surface area contributed by atoms with Crippen LogP contribution in [0.25, 0.3) is 0 Å². The maximum atomic E-state index is 11.4. The average Bonchev–Trinajstić information content (AvgIpc) is 2.45. The molecule has 0 radical (unpaired) electrons. The number of anilines is 2. The number of nitrogens with one attached hydrogen (secondary N) is 3. The van der Waals surface area contributed by atoms with Crippen LogP contribution in [-0.2, 0) is 4.79 Å². The second-order valence-electron chi connectivity index (χ2n) is 3.97. The molecule has 0 spiro atoms. The molecule has 0 aromatic carbocycles. The van der Waals surface area contributed by atoms with Crippen LogP contribution in [0.2, 0.25) is 0 Å². The van der Waals surface area contributed by atoms with Gasteiger partial charge >= 0.3 is 6.01 Å². The number of hydrogen-bond acceptors (Lipinski definition) is 7. The van der Waals surface area contributed by atoms with E-state index in [1.165, 1.54) is 0 Å². The van der Waals surface area contributed by atoms with Crippen LogP contribution >= 0.6 is 0 Å². The van der Waals surface area contributed by atoms with Crippen LogP contribution < -0.4 is 20.7 Å². The van der Waals surface area contributed by atoms with E-state index in [0.717, 1.165) is 6.42 Å². The van der Waals surface area contributed by atoms with Gasteiger partial charge in [0.1, 0.15) is 0 Å². The lowest BCUT2D eigenvalue weighted by Crippen LogP contribution is -2.26. The molecule has 1 rings (SSSR count). The van der Waals surface area contributed by atoms with E-state index in [-0.39, 0.29) is 11.9 Å². The Morgan fingerprint density at radius 3 is 2.55 bits per heavy atom. The lowest BCUT2D eigenvalue weighted by Gasteiger charge is -2.08. The van der Waals surface area contributed by atoms with Gasteiger partial charge in [-0.2, -0.15) is 15.0 Å². The Hall–Kier alpha value is -2.12. The quantitative estimate of drug-likeness (QED) is 0.611. The van der Waals surface area contributed by atoms with Crippen molar-refractivity contribution in [2.24, 2.45) is 0 Å². The molecule has 0 aliphatic carbocycles. The molecule has 0 atom stereocenters. The predicted molar refractivity (Wildman–Crippen MR) is 77.0 cm³/mol. The second kappa shape index (κ2) is 8.89. The van der Waals surface area contributed by atoms with Gasteiger partial charge in [-0.3, -0.25) is 4.79 Å². The summed E-state index contributed by atoms with van der Waals surface area (Å²) in [7, 11) is 1.72. The number of ether oxygens (including phenoxy) is 1. The summed E-state index contributed by atoms with van der Waals surface area (Å²) in [6.07, 6.45) is 1.29. The summed E-state index contributed by atoms with van der Waals surface area (Å²) in [6.45, 7) is 5.50. The van der Waals surface area contributed by atoms with E-state index in [2.05, 4.69) is 30.9 Å². The van der Waals surface area contributed by atoms with E-state index in [9.17, 15) is 4.79 Å². The van der Waals surface area contributed by atoms with Gasteiger partial charge in [0.2, 0.25) is 17.8 Å². The first-order valence-electron chi connectivity index (χ1n) is 6.76. The minimum atomic E-state index is 0.00674. The number of aromatic nitrogens is 3. The Bertz CT molecular complexity index is 426. The molecule has 0 aliphatic heterocycles. The summed E-state index contributed by atoms with van der Waals surface area (Å²) in [6, 6.07) is 0.254. The first-order valence-corrected chi connectivity index (χ1v) is 6.76. The lowest BCUT2D eigenvalue weighted by atomic mass is 10.4. The molecule has 0 bridgehead atoms. The Morgan fingerprint density at radius 1 is 1.15 bits per heavy atom. The molecule has 0 unspecified atom stereocenters. The summed E-state index contributed by atoms with van der Waals surface area (Å²) in [5.41, 5.74) is 0. The van der Waals surface area contributed by atoms with Gasteiger partial charge in [-0.1, -0.05) is 6.92 Å². The van der Waals surface area contributed by atoms with Crippen molar-refractivity contribution in [1.29, 1.82) is 0 Å². The molecule has 1 aromatic heterocycles. The summed E-state index contributed by atoms with van der Waals surface area (Å²) in [5, 5.41) is 8.62. The van der Waals surface area contributed by atoms with Crippen LogP contribution in [0.15, 0.2) is 0 Å². The fourth-order valence-electron chi connectivity index (χ4n) is 1.38. The van der Waals surface area contributed by atoms with Crippen molar-refractivity contribution in [3.05, 3.63) is 0 Å². The van der Waals surface area contributed by atoms with Crippen molar-refractivity contribution in [2.75, 3.05) is 37.4 Å². The lowest BCUT2D eigenvalue weighted by molar-refractivity contribution is -0.120. The molecule has 8 nitrogen and oxygen atoms in total. The molecule has 0 saturated carbocycles. The maximum Gasteiger partial charge on any atom is 0.323 e. The molecule has 0 aliphatic rings. The molecule has 3 N–H and O–H groups in total. The standard InChI is InChI=1S/C12H22N6O2/c1-4-7-14-9(19)6-8-15-11-16-10(13-3)17-12(18-11)20-5-2/h4-8H2,1-3H3,(H,14,19)(H2,13,15,16,17,18). The Labute approximate surface area is 118 Å². The average molecular weight is 282 g/mol. The number of rotatable bonds is 9. The molecular weight excluding hydrogens is 260 g/mol. The van der Waals surface area contributed by atoms with Crippen molar-refractivity contribution in [2.45, 2.75) is 26.7 Å². The van der Waals surface area contributed by atoms with Crippen LogP contribution in [0.1, 0.15) is 26.7 Å². The molecule has 1 aromatic rings. The molecule has 1 heterocycles. The third kappa shape index (κ3) is 5.68. The van der Waals surface area contributed by atoms with Crippen LogP contribution in [-0.4, -0.2) is 47.6 Å². The number of carbonyl (C=O) groups is 1. The normalized spacial score (nSPS) is 9.95. The summed E-state index contributed by atoms with van der Waals surface area (Å²) in [5.74, 6) is 0.810. The predicted octanol–water partition coefficient (Wildman–Crippen LogP) is 0.640. The first kappa shape index (κ1) is 15.9. The van der Waals surface area contributed by atoms with Gasteiger partial charge in [0, 0.05) is 26.6 Å². The van der Waals surface area contributed by atoms with Gasteiger partial charge in [0.15, 0.2) is 0 Å². The van der Waals surface area contributed by atoms with E-state index in [1.54, 1.807) is 7.05 Å². The highest BCUT2D eigenvalue weighted by molar-refractivity contribution is 5.76. The topological polar surface area (TPSA) is 101 Å². The minimum Gasteiger partial charge on any atom is -0.464 e. The van der Waals surface area contributed by atoms with Crippen molar-refractivity contribution >= 4 is 17.8 Å². The first-order chi connectivity index (χ1) is 9.69. The van der Waals surface area contributed by atoms with Gasteiger partial charge in [0.25, 0.3) is 0 Å². The Balaban J connectivity index is 2.50. The highest BCUT2D eigenvalue weighted by Gasteiger charge is 2.06. The summed E-state index contributed by atoms with van der Waals surface area (Å²) < 4.78 is 5.25. The van der Waals surface area contributed by atoms with Crippen molar-refractivity contribution < 1.29 is 9.53 Å². The van der Waals surface area contributed by atoms with E-state index in [4.69, 9.17) is 4.74 Å². The minimum absolute atomic E-state index is 0.00674. The van der Waals surface area contributed by atoms with Crippen molar-refractivity contribution in [3.63, 3.8) is 0 Å². The molecule has 1 amide bonds. The van der Waals surface area contributed by atoms with Gasteiger partial charge in [-0.15, -0.1) is 0 Å². The largest absolute Gasteiger partial charge is 0.464 e. The number of carbonyl (C=O) groups excluding carboxylic acids is 1. The smallest absolute Gasteiger partial charge is 0.323 e. The molecule has 20 heavy (non-hydrogen) atoms. The highest BCUT2D eigenvalue weighted by atomic mass is 16.5. The maximum absolute atomic E-state index is 11.4. The summed E-state index contributed by atoms with van der Waals surface area (Å²) in [4.78, 5) is 23.7. The molecule has 0 saturated heterocycles. The zero-order valence-electron chi connectivity index (χ0n) is 12.2. The van der Waals surface area contributed by atoms with E-state index in [1.807, 2.05) is 13.8 Å². The van der Waals surface area contributed by atoms with E-state index in [0.29, 0.717) is 38.0 Å². The van der Waals surface area contributed by atoms with Gasteiger partial charge in [0.05, 0.1) is 6.61 Å². The van der Waals surface area contributed by atoms with E-state index >= 15 is 0 Å². The zero-order valence-corrected chi connectivity index (χ0v) is 12.2. The highest BCUT2D eigenvalue weighted by Crippen LogP contribution is 2.10. The third-order valence-electron chi connectivity index (χ3n) is 2.32. The molecule has 8 heteroatoms. The van der Waals surface area contributed by atoms with Gasteiger partial charge < -0.3 is 20.7 Å². The molecule has 112 valence electrons. The second-order valence-corrected chi connectivity index (χ2v) is 3.97. The Kier molecular flexibility index (Phi) is 7.08. The fraction of sp³-hybridized carbons (Fsp3) is 0.667.